The van der Waals surface area contributed by atoms with Crippen molar-refractivity contribution in [1.29, 1.82) is 0 Å². The van der Waals surface area contributed by atoms with Crippen LogP contribution >= 0.6 is 70.6 Å². The van der Waals surface area contributed by atoms with E-state index in [9.17, 15) is 4.79 Å². The number of aliphatic hydroxyl groups excluding tert-OH is 1. The predicted octanol–water partition coefficient (Wildman–Crippen LogP) is 3.91. The quantitative estimate of drug-likeness (QED) is 0.0349. The molecule has 0 fully saturated rings. The zero-order chi connectivity index (χ0) is 25.5. The summed E-state index contributed by atoms with van der Waals surface area (Å²) < 4.78 is 5.18. The van der Waals surface area contributed by atoms with Gasteiger partial charge in [0.15, 0.2) is 0 Å². The van der Waals surface area contributed by atoms with Gasteiger partial charge in [0.05, 0.1) is 13.2 Å². The molecule has 0 saturated heterocycles. The van der Waals surface area contributed by atoms with Crippen molar-refractivity contribution in [2.24, 2.45) is 9.98 Å². The van der Waals surface area contributed by atoms with E-state index >= 15 is 0 Å². The van der Waals surface area contributed by atoms with E-state index in [0.717, 1.165) is 43.4 Å². The molecule has 0 aliphatic carbocycles. The Morgan fingerprint density at radius 2 is 1.40 bits per heavy atom. The first-order valence-corrected chi connectivity index (χ1v) is 17.7. The van der Waals surface area contributed by atoms with E-state index in [1.165, 1.54) is 12.8 Å². The maximum atomic E-state index is 11.7. The molecule has 1 amide bonds. The highest BCUT2D eigenvalue weighted by Gasteiger charge is 2.01. The average molecular weight is 612 g/mol. The number of hydrogen-bond donors (Lipinski definition) is 2. The van der Waals surface area contributed by atoms with Crippen LogP contribution in [0.25, 0.3) is 0 Å². The van der Waals surface area contributed by atoms with Gasteiger partial charge in [-0.1, -0.05) is 0 Å². The number of hydrogen-bond acceptors (Lipinski definition) is 15. The minimum absolute atomic E-state index is 0.0798. The number of aliphatic hydroxyl groups is 1. The number of thioether (sulfide) groups is 6. The minimum Gasteiger partial charge on any atom is -0.449 e. The van der Waals surface area contributed by atoms with Gasteiger partial charge in [-0.25, -0.2) is 4.79 Å². The van der Waals surface area contributed by atoms with Gasteiger partial charge in [-0.3, -0.25) is 9.98 Å². The van der Waals surface area contributed by atoms with Crippen LogP contribution in [0.2, 0.25) is 0 Å². The predicted molar refractivity (Wildman–Crippen MR) is 157 cm³/mol. The van der Waals surface area contributed by atoms with Crippen molar-refractivity contribution < 1.29 is 34.2 Å². The summed E-state index contributed by atoms with van der Waals surface area (Å²) >= 11 is 10.8. The van der Waals surface area contributed by atoms with Gasteiger partial charge in [0.1, 0.15) is 19.8 Å². The van der Waals surface area contributed by atoms with Crippen molar-refractivity contribution in [3.63, 3.8) is 0 Å². The maximum Gasteiger partial charge on any atom is 0.407 e. The van der Waals surface area contributed by atoms with E-state index in [4.69, 9.17) is 19.6 Å². The molecule has 0 aliphatic rings. The third-order valence-electron chi connectivity index (χ3n) is 3.05. The van der Waals surface area contributed by atoms with Crippen molar-refractivity contribution in [3.05, 3.63) is 0 Å². The minimum atomic E-state index is -0.352. The second kappa shape index (κ2) is 32.2. The molecule has 0 rings (SSSR count). The highest BCUT2D eigenvalue weighted by Crippen LogP contribution is 2.18. The van der Waals surface area contributed by atoms with Crippen LogP contribution in [-0.4, -0.2) is 113 Å². The summed E-state index contributed by atoms with van der Waals surface area (Å²) in [4.78, 5) is 38.5. The molecule has 0 atom stereocenters. The first-order valence-electron chi connectivity index (χ1n) is 10.8. The van der Waals surface area contributed by atoms with Gasteiger partial charge in [0.25, 0.3) is 0 Å². The fourth-order valence-corrected chi connectivity index (χ4v) is 8.01. The fraction of sp³-hybridized carbons (Fsp3) is 0.842. The second-order valence-corrected chi connectivity index (χ2v) is 13.6. The molecule has 206 valence electrons. The van der Waals surface area contributed by atoms with Crippen molar-refractivity contribution in [2.45, 2.75) is 6.92 Å². The highest BCUT2D eigenvalue weighted by atomic mass is 32.2. The van der Waals surface area contributed by atoms with Crippen molar-refractivity contribution >= 4 is 89.5 Å². The van der Waals surface area contributed by atoms with E-state index in [-0.39, 0.29) is 19.3 Å². The molecule has 0 aromatic heterocycles. The summed E-state index contributed by atoms with van der Waals surface area (Å²) in [5.74, 6) is 3.42. The molecule has 0 aromatic carbocycles. The summed E-state index contributed by atoms with van der Waals surface area (Å²) in [6.07, 6.45) is 2.21. The lowest BCUT2D eigenvalue weighted by Crippen LogP contribution is -2.27. The van der Waals surface area contributed by atoms with E-state index in [0.29, 0.717) is 32.8 Å². The Bertz CT molecular complexity index is 514. The van der Waals surface area contributed by atoms with E-state index in [1.807, 2.05) is 30.4 Å². The normalized spacial score (nSPS) is 11.4. The largest absolute Gasteiger partial charge is 0.449 e. The Labute approximate surface area is 234 Å². The van der Waals surface area contributed by atoms with Crippen LogP contribution in [0.1, 0.15) is 6.92 Å². The van der Waals surface area contributed by atoms with Gasteiger partial charge in [-0.05, 0) is 6.92 Å². The molecule has 0 saturated carbocycles. The lowest BCUT2D eigenvalue weighted by molar-refractivity contribution is -0.221. The highest BCUT2D eigenvalue weighted by molar-refractivity contribution is 8.23. The van der Waals surface area contributed by atoms with Crippen molar-refractivity contribution in [1.82, 2.24) is 5.32 Å². The molecular weight excluding hydrogens is 575 g/mol. The average Bonchev–Trinajstić information content (AvgIpc) is 2.86. The van der Waals surface area contributed by atoms with Crippen LogP contribution < -0.4 is 5.32 Å². The van der Waals surface area contributed by atoms with Gasteiger partial charge in [0, 0.05) is 56.4 Å². The van der Waals surface area contributed by atoms with Crippen LogP contribution in [0.5, 0.6) is 0 Å². The molecular formula is C19H37N3O7S6. The second-order valence-electron chi connectivity index (χ2n) is 5.75. The Hall–Kier alpha value is 0.190. The summed E-state index contributed by atoms with van der Waals surface area (Å²) in [5, 5.41) is 15.2. The number of carbonyl (C=O) groups excluding carboxylic acids is 1. The third kappa shape index (κ3) is 32.2. The standard InChI is InChI=1S/C19H37N3O7S6/c1-2-20-13-28-27-8-12-33-18-35-17-32-11-7-25-19(24)22-4-10-31-16-34-15-30-9-3-21-14-29-26-6-5-23/h13-14,23H,2-12,15-18H2,1H3,(H,22,24). The number of nitrogens with zero attached hydrogens (tertiary/aromatic N) is 2. The van der Waals surface area contributed by atoms with Crippen LogP contribution in [0.4, 0.5) is 4.79 Å². The molecule has 0 spiro atoms. The van der Waals surface area contributed by atoms with Crippen LogP contribution in [0.15, 0.2) is 9.98 Å². The lowest BCUT2D eigenvalue weighted by atomic mass is 10.7. The number of rotatable bonds is 27. The van der Waals surface area contributed by atoms with Gasteiger partial charge in [-0.2, -0.15) is 9.78 Å². The van der Waals surface area contributed by atoms with Crippen LogP contribution in [-0.2, 0) is 24.3 Å². The summed E-state index contributed by atoms with van der Waals surface area (Å²) in [6, 6.07) is 0. The molecule has 0 unspecified atom stereocenters. The number of amides is 1. The molecule has 10 nitrogen and oxygen atoms in total. The van der Waals surface area contributed by atoms with Gasteiger partial charge in [-0.15, -0.1) is 70.6 Å². The van der Waals surface area contributed by atoms with Gasteiger partial charge in [0.2, 0.25) is 12.8 Å². The summed E-state index contributed by atoms with van der Waals surface area (Å²) in [5.41, 5.74) is 0. The maximum absolute atomic E-state index is 11.7. The Morgan fingerprint density at radius 1 is 0.800 bits per heavy atom. The Balaban J connectivity index is 3.19. The van der Waals surface area contributed by atoms with Crippen molar-refractivity contribution in [3.8, 4) is 0 Å². The number of ether oxygens (including phenoxy) is 1. The lowest BCUT2D eigenvalue weighted by Gasteiger charge is -2.07. The Morgan fingerprint density at radius 3 is 2.09 bits per heavy atom. The monoisotopic (exact) mass is 611 g/mol. The number of alkyl carbamates (subject to hydrolysis) is 1. The topological polar surface area (TPSA) is 120 Å². The molecule has 0 heterocycles. The van der Waals surface area contributed by atoms with Crippen LogP contribution in [0.3, 0.4) is 0 Å². The van der Waals surface area contributed by atoms with E-state index < -0.39 is 0 Å². The smallest absolute Gasteiger partial charge is 0.407 e. The Kier molecular flexibility index (Phi) is 32.4. The third-order valence-corrected chi connectivity index (χ3v) is 10.3. The van der Waals surface area contributed by atoms with Gasteiger partial charge >= 0.3 is 6.09 Å². The molecule has 35 heavy (non-hydrogen) atoms. The SMILES string of the molecule is CCN=COOCCSCSCSCCOC(=O)NCCSCSCSCCN=COOCCO. The summed E-state index contributed by atoms with van der Waals surface area (Å²) in [7, 11) is 0. The van der Waals surface area contributed by atoms with Gasteiger partial charge < -0.3 is 24.9 Å². The molecule has 0 aliphatic heterocycles. The summed E-state index contributed by atoms with van der Waals surface area (Å²) in [6.45, 7) is 4.87. The van der Waals surface area contributed by atoms with E-state index in [1.54, 1.807) is 47.0 Å². The van der Waals surface area contributed by atoms with Crippen molar-refractivity contribution in [2.75, 3.05) is 89.4 Å². The van der Waals surface area contributed by atoms with E-state index in [2.05, 4.69) is 25.1 Å². The fourth-order valence-electron chi connectivity index (χ4n) is 1.60. The van der Waals surface area contributed by atoms with Crippen LogP contribution in [0, 0.1) is 0 Å². The number of nitrogens with one attached hydrogen (secondary N) is 1. The molecule has 16 heteroatoms. The zero-order valence-corrected chi connectivity index (χ0v) is 24.9. The number of aliphatic imine (C=N–C) groups is 2. The number of carbonyl (C=O) groups is 1. The molecule has 0 bridgehead atoms. The molecule has 2 N–H and O–H groups in total. The first-order chi connectivity index (χ1) is 17.3. The first kappa shape index (κ1) is 35.2. The molecule has 0 aromatic rings. The molecule has 0 radical (unpaired) electrons. The zero-order valence-electron chi connectivity index (χ0n) is 20.0.